The highest BCUT2D eigenvalue weighted by atomic mass is 16.3. The Kier molecular flexibility index (Phi) is 6.54. The second-order valence-electron chi connectivity index (χ2n) is 10.1. The van der Waals surface area contributed by atoms with Gasteiger partial charge in [-0.05, 0) is 58.4 Å². The van der Waals surface area contributed by atoms with Crippen LogP contribution in [-0.2, 0) is 10.8 Å². The predicted octanol–water partition coefficient (Wildman–Crippen LogP) is 7.19. The average molecular weight is 429 g/mol. The topological polar surface area (TPSA) is 65.2 Å². The Morgan fingerprint density at radius 3 is 1.31 bits per heavy atom. The molecule has 0 radical (unpaired) electrons. The molecule has 0 bridgehead atoms. The molecule has 0 aromatic heterocycles. The molecule has 0 fully saturated rings. The van der Waals surface area contributed by atoms with Crippen LogP contribution >= 0.6 is 0 Å². The molecule has 0 spiro atoms. The Bertz CT molecular complexity index is 1070. The van der Waals surface area contributed by atoms with Crippen LogP contribution in [-0.4, -0.2) is 22.6 Å². The van der Waals surface area contributed by atoms with Gasteiger partial charge in [-0.25, -0.2) is 0 Å². The zero-order chi connectivity index (χ0) is 23.5. The van der Waals surface area contributed by atoms with Crippen LogP contribution in [0.3, 0.4) is 0 Å². The van der Waals surface area contributed by atoms with Crippen LogP contribution < -0.4 is 0 Å². The minimum Gasteiger partial charge on any atom is -0.507 e. The van der Waals surface area contributed by atoms with Crippen molar-refractivity contribution in [1.29, 1.82) is 0 Å². The van der Waals surface area contributed by atoms with Crippen LogP contribution in [0.5, 0.6) is 11.5 Å². The van der Waals surface area contributed by atoms with E-state index in [-0.39, 0.29) is 22.3 Å². The SMILES string of the molecule is CC(C)(C)c1ccc(O)c(/C=N/c2ccccc2/N=C/c2cc(C(C)(C)C)ccc2O)c1. The second-order valence-corrected chi connectivity index (χ2v) is 10.1. The van der Waals surface area contributed by atoms with E-state index in [0.717, 1.165) is 11.1 Å². The fourth-order valence-corrected chi connectivity index (χ4v) is 3.21. The summed E-state index contributed by atoms with van der Waals surface area (Å²) in [4.78, 5) is 9.18. The first kappa shape index (κ1) is 23.3. The van der Waals surface area contributed by atoms with Crippen molar-refractivity contribution in [3.8, 4) is 11.5 Å². The summed E-state index contributed by atoms with van der Waals surface area (Å²) >= 11 is 0. The number of phenols is 2. The molecule has 0 aliphatic carbocycles. The molecule has 32 heavy (non-hydrogen) atoms. The summed E-state index contributed by atoms with van der Waals surface area (Å²) < 4.78 is 0. The number of aromatic hydroxyl groups is 2. The smallest absolute Gasteiger partial charge is 0.124 e. The van der Waals surface area contributed by atoms with E-state index in [2.05, 4.69) is 51.5 Å². The van der Waals surface area contributed by atoms with E-state index < -0.39 is 0 Å². The molecule has 166 valence electrons. The van der Waals surface area contributed by atoms with Gasteiger partial charge in [0.2, 0.25) is 0 Å². The van der Waals surface area contributed by atoms with Crippen molar-refractivity contribution in [1.82, 2.24) is 0 Å². The van der Waals surface area contributed by atoms with Crippen LogP contribution in [0.2, 0.25) is 0 Å². The average Bonchev–Trinajstić information content (AvgIpc) is 2.71. The summed E-state index contributed by atoms with van der Waals surface area (Å²) in [5.41, 5.74) is 4.86. The highest BCUT2D eigenvalue weighted by Crippen LogP contribution is 2.31. The zero-order valence-corrected chi connectivity index (χ0v) is 19.7. The Balaban J connectivity index is 1.93. The molecular formula is C28H32N2O2. The van der Waals surface area contributed by atoms with Gasteiger partial charge in [0.15, 0.2) is 0 Å². The Labute approximate surface area is 191 Å². The second kappa shape index (κ2) is 8.99. The van der Waals surface area contributed by atoms with Gasteiger partial charge in [0.1, 0.15) is 11.5 Å². The van der Waals surface area contributed by atoms with Crippen LogP contribution in [0.4, 0.5) is 11.4 Å². The number of benzene rings is 3. The standard InChI is InChI=1S/C28H32N2O2/c1-27(2,3)21-11-13-25(31)19(15-21)17-29-23-9-7-8-10-24(23)30-18-20-16-22(28(4,5)6)12-14-26(20)32/h7-18,31-32H,1-6H3/b29-17+,30-18+. The maximum atomic E-state index is 10.3. The highest BCUT2D eigenvalue weighted by molar-refractivity contribution is 5.89. The van der Waals surface area contributed by atoms with E-state index in [9.17, 15) is 10.2 Å². The molecule has 0 unspecified atom stereocenters. The summed E-state index contributed by atoms with van der Waals surface area (Å²) in [6.45, 7) is 12.8. The molecule has 0 atom stereocenters. The van der Waals surface area contributed by atoms with Gasteiger partial charge >= 0.3 is 0 Å². The minimum absolute atomic E-state index is 0.0257. The molecule has 0 saturated carbocycles. The maximum Gasteiger partial charge on any atom is 0.124 e. The molecule has 0 aliphatic heterocycles. The summed E-state index contributed by atoms with van der Waals surface area (Å²) in [5, 5.41) is 20.5. The number of phenolic OH excluding ortho intramolecular Hbond substituents is 2. The monoisotopic (exact) mass is 428 g/mol. The van der Waals surface area contributed by atoms with Crippen molar-refractivity contribution in [3.05, 3.63) is 82.9 Å². The lowest BCUT2D eigenvalue weighted by atomic mass is 9.86. The summed E-state index contributed by atoms with van der Waals surface area (Å²) in [6.07, 6.45) is 3.33. The molecule has 0 amide bonds. The van der Waals surface area contributed by atoms with Gasteiger partial charge in [0.05, 0.1) is 11.4 Å². The molecule has 3 aromatic carbocycles. The lowest BCUT2D eigenvalue weighted by Gasteiger charge is -2.19. The molecule has 2 N–H and O–H groups in total. The van der Waals surface area contributed by atoms with Crippen LogP contribution in [0, 0.1) is 0 Å². The van der Waals surface area contributed by atoms with Crippen molar-refractivity contribution >= 4 is 23.8 Å². The number of nitrogens with zero attached hydrogens (tertiary/aromatic N) is 2. The first-order valence-electron chi connectivity index (χ1n) is 10.8. The predicted molar refractivity (Wildman–Crippen MR) is 135 cm³/mol. The molecule has 0 saturated heterocycles. The molecule has 3 rings (SSSR count). The van der Waals surface area contributed by atoms with Gasteiger partial charge < -0.3 is 10.2 Å². The van der Waals surface area contributed by atoms with E-state index in [0.29, 0.717) is 22.5 Å². The Morgan fingerprint density at radius 1 is 0.594 bits per heavy atom. The first-order chi connectivity index (χ1) is 14.9. The number of rotatable bonds is 4. The minimum atomic E-state index is -0.0257. The fraction of sp³-hybridized carbons (Fsp3) is 0.286. The van der Waals surface area contributed by atoms with Crippen molar-refractivity contribution in [2.75, 3.05) is 0 Å². The first-order valence-corrected chi connectivity index (χ1v) is 10.8. The summed E-state index contributed by atoms with van der Waals surface area (Å²) in [5.74, 6) is 0.373. The zero-order valence-electron chi connectivity index (χ0n) is 19.7. The van der Waals surface area contributed by atoms with Crippen LogP contribution in [0.25, 0.3) is 0 Å². The fourth-order valence-electron chi connectivity index (χ4n) is 3.21. The van der Waals surface area contributed by atoms with Crippen molar-refractivity contribution in [3.63, 3.8) is 0 Å². The molecular weight excluding hydrogens is 396 g/mol. The Hall–Kier alpha value is -3.40. The lowest BCUT2D eigenvalue weighted by Crippen LogP contribution is -2.11. The quantitative estimate of drug-likeness (QED) is 0.432. The van der Waals surface area contributed by atoms with E-state index in [1.807, 2.05) is 48.5 Å². The number of hydrogen-bond donors (Lipinski definition) is 2. The Morgan fingerprint density at radius 2 is 0.969 bits per heavy atom. The van der Waals surface area contributed by atoms with Crippen molar-refractivity contribution < 1.29 is 10.2 Å². The van der Waals surface area contributed by atoms with Crippen LogP contribution in [0.15, 0.2) is 70.6 Å². The van der Waals surface area contributed by atoms with Crippen molar-refractivity contribution in [2.45, 2.75) is 52.4 Å². The van der Waals surface area contributed by atoms with Gasteiger partial charge in [0.25, 0.3) is 0 Å². The van der Waals surface area contributed by atoms with Gasteiger partial charge in [-0.3, -0.25) is 9.98 Å². The maximum absolute atomic E-state index is 10.3. The lowest BCUT2D eigenvalue weighted by molar-refractivity contribution is 0.472. The normalized spacial score (nSPS) is 12.7. The van der Waals surface area contributed by atoms with Crippen molar-refractivity contribution in [2.24, 2.45) is 9.98 Å². The number of aliphatic imine (C=N–C) groups is 2. The molecule has 4 nitrogen and oxygen atoms in total. The molecule has 3 aromatic rings. The largest absolute Gasteiger partial charge is 0.507 e. The van der Waals surface area contributed by atoms with E-state index in [1.165, 1.54) is 0 Å². The van der Waals surface area contributed by atoms with E-state index in [4.69, 9.17) is 0 Å². The van der Waals surface area contributed by atoms with Gasteiger partial charge in [0, 0.05) is 23.6 Å². The third kappa shape index (κ3) is 5.64. The van der Waals surface area contributed by atoms with Crippen LogP contribution in [0.1, 0.15) is 63.8 Å². The molecule has 4 heteroatoms. The highest BCUT2D eigenvalue weighted by Gasteiger charge is 2.16. The van der Waals surface area contributed by atoms with E-state index >= 15 is 0 Å². The third-order valence-corrected chi connectivity index (χ3v) is 5.35. The van der Waals surface area contributed by atoms with E-state index in [1.54, 1.807) is 24.6 Å². The van der Waals surface area contributed by atoms with Gasteiger partial charge in [-0.15, -0.1) is 0 Å². The molecule has 0 heterocycles. The number of para-hydroxylation sites is 2. The number of hydrogen-bond acceptors (Lipinski definition) is 4. The van der Waals surface area contributed by atoms with Gasteiger partial charge in [-0.1, -0.05) is 65.8 Å². The molecule has 0 aliphatic rings. The third-order valence-electron chi connectivity index (χ3n) is 5.35. The summed E-state index contributed by atoms with van der Waals surface area (Å²) in [6, 6.07) is 18.7. The van der Waals surface area contributed by atoms with Gasteiger partial charge in [-0.2, -0.15) is 0 Å². The summed E-state index contributed by atoms with van der Waals surface area (Å²) in [7, 11) is 0.